The summed E-state index contributed by atoms with van der Waals surface area (Å²) in [5.41, 5.74) is 1.26. The highest BCUT2D eigenvalue weighted by atomic mass is 35.5. The number of hydrogen-bond donors (Lipinski definition) is 1. The molecular weight excluding hydrogens is 319 g/mol. The minimum atomic E-state index is 0. The molecule has 0 aromatic heterocycles. The summed E-state index contributed by atoms with van der Waals surface area (Å²) in [6.07, 6.45) is 6.34. The Hall–Kier alpha value is -0.920. The van der Waals surface area contributed by atoms with E-state index in [1.54, 1.807) is 0 Å². The summed E-state index contributed by atoms with van der Waals surface area (Å²) >= 11 is 0. The molecule has 1 rings (SSSR count). The Morgan fingerprint density at radius 1 is 1.14 bits per heavy atom. The van der Waals surface area contributed by atoms with Crippen LogP contribution in [0.3, 0.4) is 0 Å². The van der Waals surface area contributed by atoms with Gasteiger partial charge in [0.25, 0.3) is 0 Å². The molecule has 1 aromatic rings. The molecular formula is C17H28Cl2N2O. The van der Waals surface area contributed by atoms with E-state index in [2.05, 4.69) is 42.1 Å². The monoisotopic (exact) mass is 346 g/mol. The lowest BCUT2D eigenvalue weighted by Gasteiger charge is -2.17. The van der Waals surface area contributed by atoms with Crippen LogP contribution in [-0.2, 0) is 6.54 Å². The number of rotatable bonds is 10. The van der Waals surface area contributed by atoms with E-state index in [9.17, 15) is 0 Å². The number of terminal acetylenes is 1. The zero-order chi connectivity index (χ0) is 14.6. The molecule has 0 saturated carbocycles. The highest BCUT2D eigenvalue weighted by molar-refractivity contribution is 5.85. The van der Waals surface area contributed by atoms with Crippen LogP contribution in [0.15, 0.2) is 24.3 Å². The average Bonchev–Trinajstić information content (AvgIpc) is 2.50. The first-order chi connectivity index (χ1) is 9.80. The van der Waals surface area contributed by atoms with Gasteiger partial charge in [-0.15, -0.1) is 31.2 Å². The molecule has 0 heterocycles. The molecule has 5 heteroatoms. The van der Waals surface area contributed by atoms with Crippen molar-refractivity contribution in [2.24, 2.45) is 0 Å². The van der Waals surface area contributed by atoms with Crippen molar-refractivity contribution < 1.29 is 4.74 Å². The Bertz CT molecular complexity index is 400. The van der Waals surface area contributed by atoms with Gasteiger partial charge in [-0.05, 0) is 50.3 Å². The van der Waals surface area contributed by atoms with Gasteiger partial charge in [0.15, 0.2) is 0 Å². The van der Waals surface area contributed by atoms with Crippen LogP contribution in [0.4, 0.5) is 0 Å². The first kappa shape index (κ1) is 23.3. The second kappa shape index (κ2) is 15.0. The van der Waals surface area contributed by atoms with Gasteiger partial charge in [0.2, 0.25) is 0 Å². The molecule has 0 aliphatic rings. The number of ether oxygens (including phenoxy) is 1. The molecule has 0 fully saturated rings. The van der Waals surface area contributed by atoms with Gasteiger partial charge in [0.05, 0.1) is 0 Å². The summed E-state index contributed by atoms with van der Waals surface area (Å²) in [6.45, 7) is 10.1. The average molecular weight is 347 g/mol. The summed E-state index contributed by atoms with van der Waals surface area (Å²) < 4.78 is 5.34. The zero-order valence-electron chi connectivity index (χ0n) is 13.5. The molecule has 22 heavy (non-hydrogen) atoms. The van der Waals surface area contributed by atoms with Crippen molar-refractivity contribution >= 4 is 24.8 Å². The van der Waals surface area contributed by atoms with E-state index < -0.39 is 0 Å². The molecule has 0 atom stereocenters. The van der Waals surface area contributed by atoms with Crippen LogP contribution < -0.4 is 10.1 Å². The van der Waals surface area contributed by atoms with Gasteiger partial charge in [0.1, 0.15) is 12.4 Å². The van der Waals surface area contributed by atoms with Crippen molar-refractivity contribution in [3.8, 4) is 18.1 Å². The Labute approximate surface area is 147 Å². The van der Waals surface area contributed by atoms with Crippen molar-refractivity contribution in [1.29, 1.82) is 0 Å². The molecule has 1 aromatic carbocycles. The second-order valence-corrected chi connectivity index (χ2v) is 4.69. The minimum absolute atomic E-state index is 0. The van der Waals surface area contributed by atoms with Gasteiger partial charge >= 0.3 is 0 Å². The highest BCUT2D eigenvalue weighted by Gasteiger charge is 1.98. The van der Waals surface area contributed by atoms with Crippen molar-refractivity contribution in [3.05, 3.63) is 29.8 Å². The summed E-state index contributed by atoms with van der Waals surface area (Å²) in [7, 11) is 0. The van der Waals surface area contributed by atoms with Crippen LogP contribution in [0, 0.1) is 12.3 Å². The molecule has 0 amide bonds. The van der Waals surface area contributed by atoms with E-state index in [1.807, 2.05) is 12.1 Å². The van der Waals surface area contributed by atoms with Crippen LogP contribution in [0.25, 0.3) is 0 Å². The predicted molar refractivity (Wildman–Crippen MR) is 99.4 cm³/mol. The quantitative estimate of drug-likeness (QED) is 0.519. The minimum Gasteiger partial charge on any atom is -0.481 e. The largest absolute Gasteiger partial charge is 0.481 e. The Balaban J connectivity index is 0. The van der Waals surface area contributed by atoms with Crippen molar-refractivity contribution in [2.75, 3.05) is 32.8 Å². The topological polar surface area (TPSA) is 24.5 Å². The van der Waals surface area contributed by atoms with E-state index in [0.717, 1.165) is 31.9 Å². The molecule has 0 aliphatic heterocycles. The van der Waals surface area contributed by atoms with Crippen molar-refractivity contribution in [1.82, 2.24) is 10.2 Å². The third-order valence-electron chi connectivity index (χ3n) is 3.30. The lowest BCUT2D eigenvalue weighted by molar-refractivity contribution is 0.298. The number of hydrogen-bond acceptors (Lipinski definition) is 3. The summed E-state index contributed by atoms with van der Waals surface area (Å²) in [5, 5.41) is 3.47. The maximum Gasteiger partial charge on any atom is 0.148 e. The molecule has 3 nitrogen and oxygen atoms in total. The van der Waals surface area contributed by atoms with Crippen LogP contribution in [-0.4, -0.2) is 37.7 Å². The van der Waals surface area contributed by atoms with E-state index in [4.69, 9.17) is 11.2 Å². The SMILES string of the molecule is C#CCOc1ccc(CNCCCN(CC)CC)cc1.Cl.Cl. The Morgan fingerprint density at radius 2 is 1.77 bits per heavy atom. The Morgan fingerprint density at radius 3 is 2.32 bits per heavy atom. The first-order valence-corrected chi connectivity index (χ1v) is 7.38. The number of nitrogens with zero attached hydrogens (tertiary/aromatic N) is 1. The van der Waals surface area contributed by atoms with Gasteiger partial charge in [-0.1, -0.05) is 31.9 Å². The fraction of sp³-hybridized carbons (Fsp3) is 0.529. The smallest absolute Gasteiger partial charge is 0.148 e. The molecule has 0 unspecified atom stereocenters. The zero-order valence-corrected chi connectivity index (χ0v) is 15.1. The maximum atomic E-state index is 5.34. The van der Waals surface area contributed by atoms with E-state index in [0.29, 0.717) is 6.61 Å². The molecule has 1 N–H and O–H groups in total. The standard InChI is InChI=1S/C17H26N2O.2ClH/c1-4-14-20-17-10-8-16(9-11-17)15-18-12-7-13-19(5-2)6-3;;/h1,8-11,18H,5-7,12-15H2,2-3H3;2*1H. The third-order valence-corrected chi connectivity index (χ3v) is 3.30. The molecule has 0 bridgehead atoms. The highest BCUT2D eigenvalue weighted by Crippen LogP contribution is 2.11. The summed E-state index contributed by atoms with van der Waals surface area (Å²) in [4.78, 5) is 2.44. The lowest BCUT2D eigenvalue weighted by atomic mass is 10.2. The van der Waals surface area contributed by atoms with Gasteiger partial charge < -0.3 is 15.0 Å². The van der Waals surface area contributed by atoms with Crippen LogP contribution in [0.2, 0.25) is 0 Å². The van der Waals surface area contributed by atoms with Crippen LogP contribution in [0.5, 0.6) is 5.75 Å². The first-order valence-electron chi connectivity index (χ1n) is 7.38. The molecule has 0 aliphatic carbocycles. The second-order valence-electron chi connectivity index (χ2n) is 4.69. The number of benzene rings is 1. The van der Waals surface area contributed by atoms with Gasteiger partial charge in [-0.2, -0.15) is 0 Å². The molecule has 0 spiro atoms. The third kappa shape index (κ3) is 9.92. The van der Waals surface area contributed by atoms with E-state index in [-0.39, 0.29) is 24.8 Å². The fourth-order valence-electron chi connectivity index (χ4n) is 2.03. The number of nitrogens with one attached hydrogen (secondary N) is 1. The van der Waals surface area contributed by atoms with E-state index in [1.165, 1.54) is 18.5 Å². The predicted octanol–water partition coefficient (Wildman–Crippen LogP) is 3.36. The summed E-state index contributed by atoms with van der Waals surface area (Å²) in [5.74, 6) is 3.29. The van der Waals surface area contributed by atoms with Gasteiger partial charge in [-0.3, -0.25) is 0 Å². The van der Waals surface area contributed by atoms with Gasteiger partial charge in [-0.25, -0.2) is 0 Å². The van der Waals surface area contributed by atoms with E-state index >= 15 is 0 Å². The Kier molecular flexibility index (Phi) is 15.9. The molecule has 126 valence electrons. The summed E-state index contributed by atoms with van der Waals surface area (Å²) in [6, 6.07) is 8.07. The maximum absolute atomic E-state index is 5.34. The molecule has 0 radical (unpaired) electrons. The van der Waals surface area contributed by atoms with Crippen LogP contribution in [0.1, 0.15) is 25.8 Å². The lowest BCUT2D eigenvalue weighted by Crippen LogP contribution is -2.27. The fourth-order valence-corrected chi connectivity index (χ4v) is 2.03. The van der Waals surface area contributed by atoms with Crippen molar-refractivity contribution in [2.45, 2.75) is 26.8 Å². The van der Waals surface area contributed by atoms with Crippen LogP contribution >= 0.6 is 24.8 Å². The van der Waals surface area contributed by atoms with Crippen molar-refractivity contribution in [3.63, 3.8) is 0 Å². The number of halogens is 2. The normalized spacial score (nSPS) is 9.55. The molecule has 0 saturated heterocycles. The van der Waals surface area contributed by atoms with Gasteiger partial charge in [0, 0.05) is 6.54 Å².